The van der Waals surface area contributed by atoms with Crippen LogP contribution in [-0.4, -0.2) is 47.9 Å². The third-order valence-corrected chi connectivity index (χ3v) is 4.95. The van der Waals surface area contributed by atoms with Crippen LogP contribution in [0.4, 0.5) is 0 Å². The molecular weight excluding hydrogens is 248 g/mol. The number of methoxy groups -OCH3 is 1. The van der Waals surface area contributed by atoms with Crippen LogP contribution in [0, 0.1) is 11.8 Å². The monoisotopic (exact) mass is 266 g/mol. The van der Waals surface area contributed by atoms with Gasteiger partial charge in [0.15, 0.2) is 0 Å². The highest BCUT2D eigenvalue weighted by atomic mass is 16.5. The van der Waals surface area contributed by atoms with Crippen LogP contribution in [-0.2, 0) is 19.1 Å². The summed E-state index contributed by atoms with van der Waals surface area (Å²) in [6.45, 7) is 2.74. The van der Waals surface area contributed by atoms with Gasteiger partial charge in [-0.25, -0.2) is 0 Å². The molecule has 0 bridgehead atoms. The molecule has 0 saturated carbocycles. The number of imide groups is 1. The summed E-state index contributed by atoms with van der Waals surface area (Å²) in [7, 11) is 1.34. The van der Waals surface area contributed by atoms with Crippen molar-refractivity contribution >= 4 is 17.8 Å². The standard InChI is InChI=1S/C13H18N2O4/c1-3-7-8-9(11(17)14-10(8)16)13(12(18)19-2)5-4-6-15(7)13/h7-9H,3-6H2,1-2H3,(H,14,16,17)/t7-,8+,9-,13+/m0/s1. The van der Waals surface area contributed by atoms with Gasteiger partial charge in [0.05, 0.1) is 18.9 Å². The van der Waals surface area contributed by atoms with Gasteiger partial charge in [-0.2, -0.15) is 0 Å². The van der Waals surface area contributed by atoms with Crippen molar-refractivity contribution in [2.45, 2.75) is 37.8 Å². The zero-order valence-electron chi connectivity index (χ0n) is 11.1. The largest absolute Gasteiger partial charge is 0.468 e. The lowest BCUT2D eigenvalue weighted by Gasteiger charge is -2.34. The molecule has 0 unspecified atom stereocenters. The van der Waals surface area contributed by atoms with Crippen LogP contribution in [0.15, 0.2) is 0 Å². The summed E-state index contributed by atoms with van der Waals surface area (Å²) in [4.78, 5) is 38.5. The van der Waals surface area contributed by atoms with E-state index in [0.29, 0.717) is 6.42 Å². The molecule has 0 radical (unpaired) electrons. The van der Waals surface area contributed by atoms with Crippen molar-refractivity contribution in [2.75, 3.05) is 13.7 Å². The molecule has 0 aliphatic carbocycles. The molecule has 3 heterocycles. The first-order valence-corrected chi connectivity index (χ1v) is 6.77. The first kappa shape index (κ1) is 12.6. The summed E-state index contributed by atoms with van der Waals surface area (Å²) in [6, 6.07) is -0.0435. The van der Waals surface area contributed by atoms with Crippen LogP contribution in [0.3, 0.4) is 0 Å². The second-order valence-electron chi connectivity index (χ2n) is 5.55. The molecule has 6 nitrogen and oxygen atoms in total. The van der Waals surface area contributed by atoms with E-state index in [2.05, 4.69) is 5.32 Å². The Morgan fingerprint density at radius 2 is 2.21 bits per heavy atom. The number of esters is 1. The van der Waals surface area contributed by atoms with E-state index >= 15 is 0 Å². The maximum absolute atomic E-state index is 12.3. The quantitative estimate of drug-likeness (QED) is 0.547. The van der Waals surface area contributed by atoms with E-state index in [1.54, 1.807) is 0 Å². The summed E-state index contributed by atoms with van der Waals surface area (Å²) in [5, 5.41) is 2.39. The Hall–Kier alpha value is -1.43. The lowest BCUT2D eigenvalue weighted by molar-refractivity contribution is -0.157. The maximum Gasteiger partial charge on any atom is 0.327 e. The minimum atomic E-state index is -0.920. The molecule has 3 fully saturated rings. The van der Waals surface area contributed by atoms with Gasteiger partial charge in [0.2, 0.25) is 11.8 Å². The predicted octanol–water partition coefficient (Wildman–Crippen LogP) is -0.325. The molecule has 3 aliphatic heterocycles. The summed E-state index contributed by atoms with van der Waals surface area (Å²) >= 11 is 0. The Kier molecular flexibility index (Phi) is 2.67. The number of carbonyl (C=O) groups is 3. The van der Waals surface area contributed by atoms with Crippen LogP contribution >= 0.6 is 0 Å². The van der Waals surface area contributed by atoms with E-state index in [4.69, 9.17) is 4.74 Å². The minimum absolute atomic E-state index is 0.0435. The van der Waals surface area contributed by atoms with E-state index in [-0.39, 0.29) is 23.8 Å². The topological polar surface area (TPSA) is 75.7 Å². The van der Waals surface area contributed by atoms with Crippen LogP contribution in [0.25, 0.3) is 0 Å². The second-order valence-corrected chi connectivity index (χ2v) is 5.55. The fourth-order valence-corrected chi connectivity index (χ4v) is 4.36. The first-order valence-electron chi connectivity index (χ1n) is 6.77. The summed E-state index contributed by atoms with van der Waals surface area (Å²) in [5.41, 5.74) is -0.920. The summed E-state index contributed by atoms with van der Waals surface area (Å²) < 4.78 is 4.95. The molecule has 104 valence electrons. The van der Waals surface area contributed by atoms with Crippen LogP contribution in [0.1, 0.15) is 26.2 Å². The fraction of sp³-hybridized carbons (Fsp3) is 0.769. The Balaban J connectivity index is 2.12. The van der Waals surface area contributed by atoms with E-state index in [1.165, 1.54) is 7.11 Å². The molecule has 0 aromatic carbocycles. The molecule has 0 aromatic rings. The van der Waals surface area contributed by atoms with Gasteiger partial charge in [0, 0.05) is 6.04 Å². The molecule has 19 heavy (non-hydrogen) atoms. The molecule has 3 saturated heterocycles. The van der Waals surface area contributed by atoms with Gasteiger partial charge in [-0.1, -0.05) is 6.92 Å². The highest BCUT2D eigenvalue weighted by Crippen LogP contribution is 2.52. The number of ether oxygens (including phenoxy) is 1. The predicted molar refractivity (Wildman–Crippen MR) is 64.9 cm³/mol. The number of carbonyl (C=O) groups excluding carboxylic acids is 3. The Bertz CT molecular complexity index is 464. The van der Waals surface area contributed by atoms with E-state index in [9.17, 15) is 14.4 Å². The van der Waals surface area contributed by atoms with Crippen LogP contribution < -0.4 is 5.32 Å². The average Bonchev–Trinajstić information content (AvgIpc) is 2.99. The van der Waals surface area contributed by atoms with Crippen molar-refractivity contribution in [1.82, 2.24) is 10.2 Å². The van der Waals surface area contributed by atoms with E-state index in [1.807, 2.05) is 11.8 Å². The number of amides is 2. The molecule has 0 spiro atoms. The molecule has 3 rings (SSSR count). The van der Waals surface area contributed by atoms with Crippen molar-refractivity contribution in [2.24, 2.45) is 11.8 Å². The minimum Gasteiger partial charge on any atom is -0.468 e. The average molecular weight is 266 g/mol. The summed E-state index contributed by atoms with van der Waals surface area (Å²) in [6.07, 6.45) is 2.20. The van der Waals surface area contributed by atoms with Crippen molar-refractivity contribution in [3.05, 3.63) is 0 Å². The molecule has 3 aliphatic rings. The molecule has 0 aromatic heterocycles. The first-order chi connectivity index (χ1) is 9.07. The normalized spacial score (nSPS) is 41.1. The third kappa shape index (κ3) is 1.32. The molecule has 2 amide bonds. The van der Waals surface area contributed by atoms with Gasteiger partial charge in [-0.05, 0) is 25.8 Å². The van der Waals surface area contributed by atoms with Gasteiger partial charge in [0.1, 0.15) is 5.54 Å². The van der Waals surface area contributed by atoms with Crippen LogP contribution in [0.5, 0.6) is 0 Å². The van der Waals surface area contributed by atoms with E-state index in [0.717, 1.165) is 19.4 Å². The van der Waals surface area contributed by atoms with E-state index < -0.39 is 17.4 Å². The Morgan fingerprint density at radius 3 is 2.84 bits per heavy atom. The molecule has 1 N–H and O–H groups in total. The Labute approximate surface area is 111 Å². The number of rotatable bonds is 2. The van der Waals surface area contributed by atoms with Crippen molar-refractivity contribution < 1.29 is 19.1 Å². The van der Waals surface area contributed by atoms with Gasteiger partial charge < -0.3 is 4.74 Å². The molecule has 6 heteroatoms. The zero-order valence-corrected chi connectivity index (χ0v) is 11.1. The highest BCUT2D eigenvalue weighted by Gasteiger charge is 2.71. The number of hydrogen-bond donors (Lipinski definition) is 1. The number of nitrogens with zero attached hydrogens (tertiary/aromatic N) is 1. The third-order valence-electron chi connectivity index (χ3n) is 4.95. The fourth-order valence-electron chi connectivity index (χ4n) is 4.36. The Morgan fingerprint density at radius 1 is 1.47 bits per heavy atom. The smallest absolute Gasteiger partial charge is 0.327 e. The summed E-state index contributed by atoms with van der Waals surface area (Å²) in [5.74, 6) is -1.92. The van der Waals surface area contributed by atoms with Crippen LogP contribution in [0.2, 0.25) is 0 Å². The number of hydrogen-bond acceptors (Lipinski definition) is 5. The van der Waals surface area contributed by atoms with Crippen molar-refractivity contribution in [3.8, 4) is 0 Å². The lowest BCUT2D eigenvalue weighted by Crippen LogP contribution is -2.55. The van der Waals surface area contributed by atoms with Crippen molar-refractivity contribution in [3.63, 3.8) is 0 Å². The van der Waals surface area contributed by atoms with Gasteiger partial charge in [-0.15, -0.1) is 0 Å². The molecular formula is C13H18N2O4. The lowest BCUT2D eigenvalue weighted by atomic mass is 9.78. The SMILES string of the molecule is CC[C@H]1[C@H]2C(=O)NC(=O)[C@H]2[C@@]2(C(=O)OC)CCCN12. The second kappa shape index (κ2) is 4.03. The number of nitrogens with one attached hydrogen (secondary N) is 1. The zero-order chi connectivity index (χ0) is 13.8. The number of fused-ring (bicyclic) bond motifs is 3. The maximum atomic E-state index is 12.3. The van der Waals surface area contributed by atoms with Crippen molar-refractivity contribution in [1.29, 1.82) is 0 Å². The van der Waals surface area contributed by atoms with Gasteiger partial charge in [-0.3, -0.25) is 24.6 Å². The van der Waals surface area contributed by atoms with Gasteiger partial charge in [0.25, 0.3) is 0 Å². The highest BCUT2D eigenvalue weighted by molar-refractivity contribution is 6.09. The van der Waals surface area contributed by atoms with Gasteiger partial charge >= 0.3 is 5.97 Å². The molecule has 4 atom stereocenters.